The molecule has 86 valence electrons. The van der Waals surface area contributed by atoms with Crippen LogP contribution in [0.25, 0.3) is 11.4 Å². The zero-order valence-corrected chi connectivity index (χ0v) is 9.63. The van der Waals surface area contributed by atoms with Crippen LogP contribution in [0.3, 0.4) is 0 Å². The highest BCUT2D eigenvalue weighted by molar-refractivity contribution is 5.55. The zero-order chi connectivity index (χ0) is 11.7. The van der Waals surface area contributed by atoms with Crippen LogP contribution >= 0.6 is 0 Å². The molecule has 0 saturated carbocycles. The fourth-order valence-corrected chi connectivity index (χ4v) is 2.39. The van der Waals surface area contributed by atoms with Crippen molar-refractivity contribution in [1.29, 1.82) is 0 Å². The molecule has 1 unspecified atom stereocenters. The van der Waals surface area contributed by atoms with E-state index >= 15 is 0 Å². The average Bonchev–Trinajstić information content (AvgIpc) is 2.81. The topological polar surface area (TPSA) is 51.8 Å². The van der Waals surface area contributed by atoms with Gasteiger partial charge in [-0.25, -0.2) is 9.97 Å². The maximum Gasteiger partial charge on any atom is 0.159 e. The molecule has 0 saturated heterocycles. The summed E-state index contributed by atoms with van der Waals surface area (Å²) in [5, 5.41) is 0. The molecule has 3 nitrogen and oxygen atoms in total. The molecule has 1 aliphatic rings. The predicted octanol–water partition coefficient (Wildman–Crippen LogP) is 2.13. The van der Waals surface area contributed by atoms with Crippen LogP contribution in [0.1, 0.15) is 23.6 Å². The number of aromatic nitrogens is 2. The molecular weight excluding hydrogens is 210 g/mol. The van der Waals surface area contributed by atoms with E-state index in [1.165, 1.54) is 5.56 Å². The van der Waals surface area contributed by atoms with Crippen LogP contribution in [0.15, 0.2) is 36.5 Å². The van der Waals surface area contributed by atoms with Crippen LogP contribution in [0, 0.1) is 0 Å². The van der Waals surface area contributed by atoms with E-state index in [0.717, 1.165) is 29.9 Å². The molecule has 0 bridgehead atoms. The summed E-state index contributed by atoms with van der Waals surface area (Å²) in [6.07, 6.45) is 4.13. The summed E-state index contributed by atoms with van der Waals surface area (Å²) in [6.45, 7) is 0.679. The van der Waals surface area contributed by atoms with Crippen molar-refractivity contribution in [2.24, 2.45) is 5.73 Å². The molecule has 17 heavy (non-hydrogen) atoms. The molecule has 0 aliphatic heterocycles. The summed E-state index contributed by atoms with van der Waals surface area (Å²) in [7, 11) is 0. The highest BCUT2D eigenvalue weighted by atomic mass is 14.9. The second-order valence-corrected chi connectivity index (χ2v) is 4.44. The number of benzene rings is 1. The molecule has 0 spiro atoms. The highest BCUT2D eigenvalue weighted by Gasteiger charge is 2.23. The van der Waals surface area contributed by atoms with Crippen LogP contribution in [-0.4, -0.2) is 16.5 Å². The molecule has 2 N–H and O–H groups in total. The van der Waals surface area contributed by atoms with Crippen LogP contribution in [0.5, 0.6) is 0 Å². The SMILES string of the molecule is NCC1CCc2cnc(-c3ccccc3)nc21. The summed E-state index contributed by atoms with van der Waals surface area (Å²) < 4.78 is 0. The average molecular weight is 225 g/mol. The van der Waals surface area contributed by atoms with Crippen molar-refractivity contribution >= 4 is 0 Å². The van der Waals surface area contributed by atoms with Gasteiger partial charge in [-0.3, -0.25) is 0 Å². The van der Waals surface area contributed by atoms with Gasteiger partial charge < -0.3 is 5.73 Å². The van der Waals surface area contributed by atoms with Crippen molar-refractivity contribution in [3.8, 4) is 11.4 Å². The zero-order valence-electron chi connectivity index (χ0n) is 9.63. The minimum absolute atomic E-state index is 0.412. The van der Waals surface area contributed by atoms with E-state index in [-0.39, 0.29) is 0 Å². The van der Waals surface area contributed by atoms with Gasteiger partial charge in [0.05, 0.1) is 5.69 Å². The third-order valence-corrected chi connectivity index (χ3v) is 3.36. The number of nitrogens with two attached hydrogens (primary N) is 1. The quantitative estimate of drug-likeness (QED) is 0.851. The van der Waals surface area contributed by atoms with Crippen LogP contribution in [0.4, 0.5) is 0 Å². The third kappa shape index (κ3) is 1.83. The summed E-state index contributed by atoms with van der Waals surface area (Å²) in [5.74, 6) is 1.22. The van der Waals surface area contributed by atoms with Gasteiger partial charge in [-0.1, -0.05) is 30.3 Å². The Bertz CT molecular complexity index is 522. The highest BCUT2D eigenvalue weighted by Crippen LogP contribution is 2.31. The molecule has 1 aliphatic carbocycles. The minimum atomic E-state index is 0.412. The lowest BCUT2D eigenvalue weighted by Gasteiger charge is -2.08. The molecule has 2 aromatic rings. The van der Waals surface area contributed by atoms with Gasteiger partial charge in [-0.15, -0.1) is 0 Å². The Labute approximate surface area is 101 Å². The van der Waals surface area contributed by atoms with E-state index < -0.39 is 0 Å². The van der Waals surface area contributed by atoms with E-state index in [9.17, 15) is 0 Å². The van der Waals surface area contributed by atoms with Crippen LogP contribution in [0.2, 0.25) is 0 Å². The molecular formula is C14H15N3. The number of hydrogen-bond donors (Lipinski definition) is 1. The van der Waals surface area contributed by atoms with Crippen LogP contribution in [-0.2, 0) is 6.42 Å². The molecule has 0 amide bonds. The van der Waals surface area contributed by atoms with Crippen molar-refractivity contribution in [3.05, 3.63) is 47.8 Å². The van der Waals surface area contributed by atoms with Gasteiger partial charge in [0.2, 0.25) is 0 Å². The fourth-order valence-electron chi connectivity index (χ4n) is 2.39. The summed E-state index contributed by atoms with van der Waals surface area (Å²) in [4.78, 5) is 9.12. The lowest BCUT2D eigenvalue weighted by atomic mass is 10.1. The molecule has 3 heteroatoms. The van der Waals surface area contributed by atoms with Gasteiger partial charge in [0.1, 0.15) is 0 Å². The van der Waals surface area contributed by atoms with Crippen LogP contribution < -0.4 is 5.73 Å². The van der Waals surface area contributed by atoms with E-state index in [4.69, 9.17) is 5.73 Å². The Hall–Kier alpha value is -1.74. The Morgan fingerprint density at radius 3 is 2.82 bits per heavy atom. The second kappa shape index (κ2) is 4.26. The number of aryl methyl sites for hydroxylation is 1. The molecule has 0 fully saturated rings. The minimum Gasteiger partial charge on any atom is -0.330 e. The predicted molar refractivity (Wildman–Crippen MR) is 67.6 cm³/mol. The van der Waals surface area contributed by atoms with Crippen molar-refractivity contribution in [2.75, 3.05) is 6.54 Å². The first-order chi connectivity index (χ1) is 8.38. The van der Waals surface area contributed by atoms with E-state index in [1.54, 1.807) is 0 Å². The second-order valence-electron chi connectivity index (χ2n) is 4.44. The maximum atomic E-state index is 5.78. The summed E-state index contributed by atoms with van der Waals surface area (Å²) in [5.41, 5.74) is 9.26. The maximum absolute atomic E-state index is 5.78. The fraction of sp³-hybridized carbons (Fsp3) is 0.286. The number of hydrogen-bond acceptors (Lipinski definition) is 3. The van der Waals surface area contributed by atoms with Crippen molar-refractivity contribution in [2.45, 2.75) is 18.8 Å². The van der Waals surface area contributed by atoms with Gasteiger partial charge >= 0.3 is 0 Å². The summed E-state index contributed by atoms with van der Waals surface area (Å²) >= 11 is 0. The standard InChI is InChI=1S/C14H15N3/c15-8-11-6-7-12-9-16-14(17-13(11)12)10-4-2-1-3-5-10/h1-5,9,11H,6-8,15H2. The Morgan fingerprint density at radius 1 is 1.24 bits per heavy atom. The van der Waals surface area contributed by atoms with Gasteiger partial charge in [-0.05, 0) is 18.4 Å². The summed E-state index contributed by atoms with van der Waals surface area (Å²) in [6, 6.07) is 10.1. The molecule has 1 heterocycles. The molecule has 1 aromatic carbocycles. The first-order valence-corrected chi connectivity index (χ1v) is 6.00. The van der Waals surface area contributed by atoms with Gasteiger partial charge in [0.15, 0.2) is 5.82 Å². The molecule has 0 radical (unpaired) electrons. The van der Waals surface area contributed by atoms with E-state index in [1.807, 2.05) is 36.5 Å². The monoisotopic (exact) mass is 225 g/mol. The first kappa shape index (κ1) is 10.4. The lowest BCUT2D eigenvalue weighted by molar-refractivity contribution is 0.674. The smallest absolute Gasteiger partial charge is 0.159 e. The first-order valence-electron chi connectivity index (χ1n) is 6.00. The number of fused-ring (bicyclic) bond motifs is 1. The van der Waals surface area contributed by atoms with Crippen molar-refractivity contribution in [3.63, 3.8) is 0 Å². The third-order valence-electron chi connectivity index (χ3n) is 3.36. The van der Waals surface area contributed by atoms with Crippen molar-refractivity contribution in [1.82, 2.24) is 9.97 Å². The van der Waals surface area contributed by atoms with Gasteiger partial charge in [0.25, 0.3) is 0 Å². The van der Waals surface area contributed by atoms with E-state index in [2.05, 4.69) is 9.97 Å². The Morgan fingerprint density at radius 2 is 2.06 bits per heavy atom. The Balaban J connectivity index is 2.04. The van der Waals surface area contributed by atoms with Crippen molar-refractivity contribution < 1.29 is 0 Å². The molecule has 1 atom stereocenters. The normalized spacial score (nSPS) is 18.1. The van der Waals surface area contributed by atoms with E-state index in [0.29, 0.717) is 12.5 Å². The number of nitrogens with zero attached hydrogens (tertiary/aromatic N) is 2. The lowest BCUT2D eigenvalue weighted by Crippen LogP contribution is -2.11. The van der Waals surface area contributed by atoms with Gasteiger partial charge in [0, 0.05) is 24.2 Å². The number of rotatable bonds is 2. The Kier molecular flexibility index (Phi) is 2.61. The van der Waals surface area contributed by atoms with Gasteiger partial charge in [-0.2, -0.15) is 0 Å². The molecule has 1 aromatic heterocycles. The molecule has 3 rings (SSSR count). The largest absolute Gasteiger partial charge is 0.330 e.